The minimum Gasteiger partial charge on any atom is -0.478 e. The Labute approximate surface area is 182 Å². The lowest BCUT2D eigenvalue weighted by molar-refractivity contribution is 0.0394. The molecule has 2 aliphatic rings. The molecule has 170 valence electrons. The van der Waals surface area contributed by atoms with Crippen LogP contribution >= 0.6 is 0 Å². The highest BCUT2D eigenvalue weighted by molar-refractivity contribution is 6.30. The number of hydrogen-bond acceptors (Lipinski definition) is 10. The molecule has 0 saturated carbocycles. The number of rotatable bonds is 4. The molecule has 4 N–H and O–H groups in total. The van der Waals surface area contributed by atoms with Crippen LogP contribution in [-0.4, -0.2) is 56.2 Å². The molecule has 2 aromatic carbocycles. The van der Waals surface area contributed by atoms with E-state index >= 15 is 0 Å². The molecule has 0 atom stereocenters. The topological polar surface area (TPSA) is 240 Å². The predicted octanol–water partition coefficient (Wildman–Crippen LogP) is 0.410. The minimum absolute atomic E-state index is 0.758. The Morgan fingerprint density at radius 1 is 0.559 bits per heavy atom. The molecule has 0 fully saturated rings. The van der Waals surface area contributed by atoms with E-state index in [1.54, 1.807) is 0 Å². The Bertz CT molecular complexity index is 1710. The number of hydrogen-bond donors (Lipinski definition) is 4. The number of fused-ring (bicyclic) bond motifs is 5. The fourth-order valence-electron chi connectivity index (χ4n) is 3.86. The predicted molar refractivity (Wildman–Crippen MR) is 104 cm³/mol. The van der Waals surface area contributed by atoms with Crippen LogP contribution < -0.4 is 11.3 Å². The first-order valence-corrected chi connectivity index (χ1v) is 8.75. The SMILES string of the molecule is O=C(O)c1c(C(=O)O)c2c3c(c1C(=O)O)c1ccc(c(c1C(=O)O)C(=O)OC3=O)c(=O)oc2=O. The van der Waals surface area contributed by atoms with Crippen LogP contribution in [0.2, 0.25) is 0 Å². The van der Waals surface area contributed by atoms with Crippen LogP contribution in [0.3, 0.4) is 0 Å². The molecule has 1 aromatic heterocycles. The fraction of sp³-hybridized carbons (Fsp3) is 0. The van der Waals surface area contributed by atoms with E-state index in [0.29, 0.717) is 0 Å². The lowest BCUT2D eigenvalue weighted by Crippen LogP contribution is -2.28. The van der Waals surface area contributed by atoms with Gasteiger partial charge in [0.05, 0.1) is 44.2 Å². The van der Waals surface area contributed by atoms with Gasteiger partial charge in [0.1, 0.15) is 0 Å². The summed E-state index contributed by atoms with van der Waals surface area (Å²) in [6.07, 6.45) is 0. The zero-order chi connectivity index (χ0) is 25.2. The van der Waals surface area contributed by atoms with Crippen molar-refractivity contribution >= 4 is 57.4 Å². The Morgan fingerprint density at radius 2 is 1.03 bits per heavy atom. The number of benzene rings is 2. The molecule has 6 bridgehead atoms. The molecule has 0 aliphatic carbocycles. The highest BCUT2D eigenvalue weighted by atomic mass is 16.6. The van der Waals surface area contributed by atoms with Gasteiger partial charge >= 0.3 is 47.1 Å². The van der Waals surface area contributed by atoms with Crippen molar-refractivity contribution in [1.29, 1.82) is 0 Å². The highest BCUT2D eigenvalue weighted by Crippen LogP contribution is 2.37. The van der Waals surface area contributed by atoms with E-state index in [1.165, 1.54) is 0 Å². The van der Waals surface area contributed by atoms with Crippen molar-refractivity contribution in [3.63, 3.8) is 0 Å². The standard InChI is InChI=1S/C20H6O14/c21-13(22)6-3-1-2-4-7(6)18(30)34-19(31)11-5(3)8(14(23)24)9(15(25)26)10(16(27)28)12(11)20(32)33-17(4)29/h1-2H,(H,21,22)(H,23,24)(H,25,26)(H,27,28). The molecule has 5 rings (SSSR count). The van der Waals surface area contributed by atoms with Crippen LogP contribution in [-0.2, 0) is 4.74 Å². The summed E-state index contributed by atoms with van der Waals surface area (Å²) in [5, 5.41) is 34.8. The van der Waals surface area contributed by atoms with E-state index < -0.39 is 102 Å². The second kappa shape index (κ2) is 7.06. The second-order valence-corrected chi connectivity index (χ2v) is 6.74. The molecule has 0 unspecified atom stereocenters. The van der Waals surface area contributed by atoms with E-state index in [9.17, 15) is 58.8 Å². The summed E-state index contributed by atoms with van der Waals surface area (Å²) in [5.74, 6) is -12.0. The number of esters is 2. The van der Waals surface area contributed by atoms with Crippen molar-refractivity contribution in [2.75, 3.05) is 0 Å². The summed E-state index contributed by atoms with van der Waals surface area (Å²) in [6, 6.07) is 1.56. The van der Waals surface area contributed by atoms with E-state index in [0.717, 1.165) is 12.1 Å². The van der Waals surface area contributed by atoms with Crippen molar-refractivity contribution < 1.29 is 58.3 Å². The molecule has 3 heterocycles. The minimum atomic E-state index is -2.21. The molecule has 0 spiro atoms. The molecule has 0 saturated heterocycles. The molecule has 0 radical (unpaired) electrons. The van der Waals surface area contributed by atoms with Crippen LogP contribution in [0.5, 0.6) is 0 Å². The van der Waals surface area contributed by atoms with Gasteiger partial charge in [-0.15, -0.1) is 0 Å². The normalized spacial score (nSPS) is 12.5. The van der Waals surface area contributed by atoms with Gasteiger partial charge in [-0.3, -0.25) is 0 Å². The lowest BCUT2D eigenvalue weighted by Gasteiger charge is -2.19. The third kappa shape index (κ3) is 2.75. The van der Waals surface area contributed by atoms with Crippen molar-refractivity contribution in [3.8, 4) is 0 Å². The van der Waals surface area contributed by atoms with E-state index in [2.05, 4.69) is 9.15 Å². The maximum absolute atomic E-state index is 12.9. The third-order valence-corrected chi connectivity index (χ3v) is 5.03. The first-order valence-electron chi connectivity index (χ1n) is 8.75. The molecule has 34 heavy (non-hydrogen) atoms. The third-order valence-electron chi connectivity index (χ3n) is 5.03. The van der Waals surface area contributed by atoms with Crippen molar-refractivity contribution in [3.05, 3.63) is 66.4 Å². The van der Waals surface area contributed by atoms with Gasteiger partial charge in [0.2, 0.25) is 0 Å². The van der Waals surface area contributed by atoms with E-state index in [1.807, 2.05) is 0 Å². The zero-order valence-corrected chi connectivity index (χ0v) is 16.0. The maximum Gasteiger partial charge on any atom is 0.347 e. The van der Waals surface area contributed by atoms with Gasteiger partial charge in [0, 0.05) is 5.39 Å². The largest absolute Gasteiger partial charge is 0.478 e. The number of carboxylic acid groups (broad SMARTS) is 4. The Kier molecular flexibility index (Phi) is 4.53. The molecular formula is C20H6O14. The molecule has 3 aromatic rings. The van der Waals surface area contributed by atoms with E-state index in [-0.39, 0.29) is 0 Å². The monoisotopic (exact) mass is 470 g/mol. The van der Waals surface area contributed by atoms with Gasteiger partial charge in [-0.25, -0.2) is 38.4 Å². The number of aromatic carboxylic acids is 4. The lowest BCUT2D eigenvalue weighted by atomic mass is 9.85. The molecular weight excluding hydrogens is 464 g/mol. The van der Waals surface area contributed by atoms with Gasteiger partial charge in [-0.1, -0.05) is 6.07 Å². The summed E-state index contributed by atoms with van der Waals surface area (Å²) in [5.41, 5.74) is -11.4. The average molecular weight is 470 g/mol. The van der Waals surface area contributed by atoms with Gasteiger partial charge < -0.3 is 29.6 Å². The van der Waals surface area contributed by atoms with Crippen LogP contribution in [0.25, 0.3) is 21.5 Å². The summed E-state index contributed by atoms with van der Waals surface area (Å²) in [4.78, 5) is 99.0. The smallest absolute Gasteiger partial charge is 0.347 e. The van der Waals surface area contributed by atoms with Crippen LogP contribution in [0.1, 0.15) is 62.1 Å². The van der Waals surface area contributed by atoms with Crippen molar-refractivity contribution in [1.82, 2.24) is 0 Å². The summed E-state index contributed by atoms with van der Waals surface area (Å²) >= 11 is 0. The fourth-order valence-corrected chi connectivity index (χ4v) is 3.86. The molecule has 14 heteroatoms. The highest BCUT2D eigenvalue weighted by Gasteiger charge is 2.39. The molecule has 0 amide bonds. The first kappa shape index (κ1) is 21.8. The maximum atomic E-state index is 12.9. The van der Waals surface area contributed by atoms with Crippen LogP contribution in [0.15, 0.2) is 26.1 Å². The van der Waals surface area contributed by atoms with Gasteiger partial charge in [-0.05, 0) is 11.5 Å². The summed E-state index contributed by atoms with van der Waals surface area (Å²) in [6.45, 7) is 0. The Balaban J connectivity index is 2.71. The number of ether oxygens (including phenoxy) is 1. The van der Waals surface area contributed by atoms with Gasteiger partial charge in [-0.2, -0.15) is 0 Å². The van der Waals surface area contributed by atoms with Crippen molar-refractivity contribution in [2.24, 2.45) is 0 Å². The average Bonchev–Trinajstić information content (AvgIpc) is 2.74. The van der Waals surface area contributed by atoms with Crippen LogP contribution in [0.4, 0.5) is 0 Å². The van der Waals surface area contributed by atoms with E-state index in [4.69, 9.17) is 0 Å². The first-order chi connectivity index (χ1) is 15.9. The molecule has 14 nitrogen and oxygen atoms in total. The molecule has 2 aliphatic heterocycles. The Morgan fingerprint density at radius 3 is 1.56 bits per heavy atom. The second-order valence-electron chi connectivity index (χ2n) is 6.74. The van der Waals surface area contributed by atoms with Crippen LogP contribution in [0, 0.1) is 0 Å². The van der Waals surface area contributed by atoms with Crippen molar-refractivity contribution in [2.45, 2.75) is 0 Å². The summed E-state index contributed by atoms with van der Waals surface area (Å²) in [7, 11) is 0. The number of carboxylic acids is 4. The quantitative estimate of drug-likeness (QED) is 0.298. The summed E-state index contributed by atoms with van der Waals surface area (Å²) < 4.78 is 9.06. The van der Waals surface area contributed by atoms with Gasteiger partial charge in [0.15, 0.2) is 0 Å². The van der Waals surface area contributed by atoms with Gasteiger partial charge in [0.25, 0.3) is 0 Å². The number of carbonyl (C=O) groups is 6. The number of carbonyl (C=O) groups excluding carboxylic acids is 2. The Hall–Kier alpha value is -5.40. The zero-order valence-electron chi connectivity index (χ0n) is 16.0.